The number of hydrogen-bond acceptors (Lipinski definition) is 5. The number of aromatic amines is 1. The second-order valence-electron chi connectivity index (χ2n) is 5.35. The van der Waals surface area contributed by atoms with Gasteiger partial charge in [-0.05, 0) is 18.6 Å². The molecule has 1 fully saturated rings. The van der Waals surface area contributed by atoms with Crippen LogP contribution in [0.3, 0.4) is 0 Å². The van der Waals surface area contributed by atoms with Gasteiger partial charge < -0.3 is 9.72 Å². The lowest BCUT2D eigenvalue weighted by atomic mass is 10.2. The van der Waals surface area contributed by atoms with Crippen molar-refractivity contribution in [2.45, 2.75) is 18.9 Å². The average molecular weight is 297 g/mol. The molecule has 0 spiro atoms. The number of nitrogens with one attached hydrogen (secondary N) is 1. The van der Waals surface area contributed by atoms with Gasteiger partial charge in [-0.2, -0.15) is 5.10 Å². The van der Waals surface area contributed by atoms with Crippen LogP contribution in [0, 0.1) is 0 Å². The van der Waals surface area contributed by atoms with E-state index < -0.39 is 0 Å². The molecule has 0 radical (unpaired) electrons. The Labute approximate surface area is 126 Å². The van der Waals surface area contributed by atoms with Gasteiger partial charge in [0, 0.05) is 24.9 Å². The predicted molar refractivity (Wildman–Crippen MR) is 79.7 cm³/mol. The summed E-state index contributed by atoms with van der Waals surface area (Å²) in [5, 5.41) is 4.84. The van der Waals surface area contributed by atoms with Crippen molar-refractivity contribution in [1.29, 1.82) is 0 Å². The van der Waals surface area contributed by atoms with Gasteiger partial charge in [0.05, 0.1) is 18.8 Å². The van der Waals surface area contributed by atoms with Crippen LogP contribution in [-0.4, -0.2) is 37.9 Å². The molecule has 7 heteroatoms. The van der Waals surface area contributed by atoms with E-state index in [2.05, 4.69) is 20.1 Å². The first-order chi connectivity index (χ1) is 10.8. The summed E-state index contributed by atoms with van der Waals surface area (Å²) in [5.41, 5.74) is 1.31. The molecule has 7 nitrogen and oxygen atoms in total. The average Bonchev–Trinajstić information content (AvgIpc) is 3.17. The van der Waals surface area contributed by atoms with Crippen LogP contribution in [0.4, 0.5) is 0 Å². The lowest BCUT2D eigenvalue weighted by molar-refractivity contribution is 0.185. The van der Waals surface area contributed by atoms with Gasteiger partial charge in [-0.15, -0.1) is 0 Å². The highest BCUT2D eigenvalue weighted by molar-refractivity contribution is 5.73. The van der Waals surface area contributed by atoms with Crippen molar-refractivity contribution in [1.82, 2.24) is 24.7 Å². The molecule has 1 N–H and O–H groups in total. The van der Waals surface area contributed by atoms with Gasteiger partial charge in [-0.3, -0.25) is 9.78 Å². The van der Waals surface area contributed by atoms with E-state index >= 15 is 0 Å². The molecule has 0 bridgehead atoms. The Morgan fingerprint density at radius 3 is 3.14 bits per heavy atom. The number of rotatable bonds is 3. The van der Waals surface area contributed by atoms with E-state index in [4.69, 9.17) is 4.74 Å². The summed E-state index contributed by atoms with van der Waals surface area (Å²) in [4.78, 5) is 23.9. The van der Waals surface area contributed by atoms with E-state index in [0.717, 1.165) is 18.7 Å². The van der Waals surface area contributed by atoms with Crippen LogP contribution in [-0.2, 0) is 11.2 Å². The molecule has 1 aliphatic heterocycles. The minimum atomic E-state index is -0.166. The molecule has 4 rings (SSSR count). The van der Waals surface area contributed by atoms with Crippen molar-refractivity contribution in [2.75, 3.05) is 13.2 Å². The van der Waals surface area contributed by atoms with Gasteiger partial charge in [0.15, 0.2) is 5.65 Å². The molecule has 1 aliphatic rings. The van der Waals surface area contributed by atoms with Gasteiger partial charge in [-0.1, -0.05) is 6.07 Å². The van der Waals surface area contributed by atoms with E-state index in [1.807, 2.05) is 18.2 Å². The molecule has 22 heavy (non-hydrogen) atoms. The normalized spacial score (nSPS) is 18.1. The van der Waals surface area contributed by atoms with E-state index in [9.17, 15) is 4.79 Å². The van der Waals surface area contributed by atoms with Crippen LogP contribution in [0.2, 0.25) is 0 Å². The number of H-pyrrole nitrogens is 1. The van der Waals surface area contributed by atoms with Crippen LogP contribution in [0.25, 0.3) is 11.0 Å². The summed E-state index contributed by atoms with van der Waals surface area (Å²) in [6, 6.07) is 5.83. The molecule has 112 valence electrons. The third-order valence-corrected chi connectivity index (χ3v) is 3.84. The summed E-state index contributed by atoms with van der Waals surface area (Å²) in [5.74, 6) is 0.594. The highest BCUT2D eigenvalue weighted by Crippen LogP contribution is 2.21. The number of fused-ring (bicyclic) bond motifs is 1. The summed E-state index contributed by atoms with van der Waals surface area (Å²) in [7, 11) is 0. The summed E-state index contributed by atoms with van der Waals surface area (Å²) in [6.45, 7) is 1.33. The zero-order valence-corrected chi connectivity index (χ0v) is 11.9. The van der Waals surface area contributed by atoms with Crippen LogP contribution in [0.1, 0.15) is 24.0 Å². The molecule has 0 saturated carbocycles. The number of nitrogens with zero attached hydrogens (tertiary/aromatic N) is 4. The maximum Gasteiger partial charge on any atom is 0.262 e. The molecule has 4 heterocycles. The first-order valence-corrected chi connectivity index (χ1v) is 7.25. The maximum atomic E-state index is 12.2. The Hall–Kier alpha value is -2.54. The van der Waals surface area contributed by atoms with E-state index in [0.29, 0.717) is 29.9 Å². The van der Waals surface area contributed by atoms with Crippen LogP contribution < -0.4 is 5.56 Å². The number of aromatic nitrogens is 5. The summed E-state index contributed by atoms with van der Waals surface area (Å²) >= 11 is 0. The van der Waals surface area contributed by atoms with Gasteiger partial charge >= 0.3 is 0 Å². The van der Waals surface area contributed by atoms with Crippen molar-refractivity contribution in [3.8, 4) is 0 Å². The van der Waals surface area contributed by atoms with Crippen molar-refractivity contribution in [3.63, 3.8) is 0 Å². The first kappa shape index (κ1) is 13.1. The van der Waals surface area contributed by atoms with Gasteiger partial charge in [0.2, 0.25) is 0 Å². The molecule has 3 aromatic rings. The van der Waals surface area contributed by atoms with Crippen LogP contribution >= 0.6 is 0 Å². The molecule has 0 aromatic carbocycles. The molecule has 1 saturated heterocycles. The van der Waals surface area contributed by atoms with Gasteiger partial charge in [0.25, 0.3) is 5.56 Å². The van der Waals surface area contributed by atoms with E-state index in [-0.39, 0.29) is 11.6 Å². The van der Waals surface area contributed by atoms with Gasteiger partial charge in [0.1, 0.15) is 11.2 Å². The van der Waals surface area contributed by atoms with Crippen molar-refractivity contribution in [2.24, 2.45) is 0 Å². The van der Waals surface area contributed by atoms with Gasteiger partial charge in [-0.25, -0.2) is 9.67 Å². The Balaban J connectivity index is 1.77. The monoisotopic (exact) mass is 297 g/mol. The summed E-state index contributed by atoms with van der Waals surface area (Å²) in [6.07, 6.45) is 4.68. The van der Waals surface area contributed by atoms with Crippen molar-refractivity contribution >= 4 is 11.0 Å². The zero-order chi connectivity index (χ0) is 14.9. The zero-order valence-electron chi connectivity index (χ0n) is 11.9. The Kier molecular flexibility index (Phi) is 3.19. The third-order valence-electron chi connectivity index (χ3n) is 3.84. The number of ether oxygens (including phenoxy) is 1. The molecule has 3 aromatic heterocycles. The summed E-state index contributed by atoms with van der Waals surface area (Å²) < 4.78 is 7.21. The Morgan fingerprint density at radius 2 is 2.36 bits per heavy atom. The molecule has 1 unspecified atom stereocenters. The van der Waals surface area contributed by atoms with Crippen LogP contribution in [0.5, 0.6) is 0 Å². The highest BCUT2D eigenvalue weighted by Gasteiger charge is 2.22. The largest absolute Gasteiger partial charge is 0.379 e. The fourth-order valence-corrected chi connectivity index (χ4v) is 2.72. The maximum absolute atomic E-state index is 12.2. The van der Waals surface area contributed by atoms with E-state index in [1.165, 1.54) is 0 Å². The van der Waals surface area contributed by atoms with Crippen molar-refractivity contribution in [3.05, 3.63) is 52.5 Å². The second kappa shape index (κ2) is 5.34. The fourth-order valence-electron chi connectivity index (χ4n) is 2.72. The lowest BCUT2D eigenvalue weighted by Crippen LogP contribution is -2.16. The fraction of sp³-hybridized carbons (Fsp3) is 0.333. The van der Waals surface area contributed by atoms with Crippen molar-refractivity contribution < 1.29 is 4.74 Å². The minimum absolute atomic E-state index is 0.148. The Morgan fingerprint density at radius 1 is 1.41 bits per heavy atom. The standard InChI is InChI=1S/C15H15N5O2/c21-15-12-8-17-20(11-4-6-22-9-11)14(12)18-13(19-15)7-10-3-1-2-5-16-10/h1-3,5,8,11H,4,6-7,9H2,(H,18,19,21). The topological polar surface area (TPSA) is 85.7 Å². The second-order valence-corrected chi connectivity index (χ2v) is 5.35. The molecule has 1 atom stereocenters. The smallest absolute Gasteiger partial charge is 0.262 e. The number of pyridine rings is 1. The molecular weight excluding hydrogens is 282 g/mol. The SMILES string of the molecule is O=c1[nH]c(Cc2ccccn2)nc2c1cnn2C1CCOC1. The molecule has 0 amide bonds. The first-order valence-electron chi connectivity index (χ1n) is 7.25. The number of hydrogen-bond donors (Lipinski definition) is 1. The van der Waals surface area contributed by atoms with E-state index in [1.54, 1.807) is 17.1 Å². The molecular formula is C15H15N5O2. The predicted octanol–water partition coefficient (Wildman–Crippen LogP) is 1.07. The lowest BCUT2D eigenvalue weighted by Gasteiger charge is -2.09. The minimum Gasteiger partial charge on any atom is -0.379 e. The molecule has 0 aliphatic carbocycles. The van der Waals surface area contributed by atoms with Crippen LogP contribution in [0.15, 0.2) is 35.4 Å². The Bertz CT molecular complexity index is 849. The highest BCUT2D eigenvalue weighted by atomic mass is 16.5. The third kappa shape index (κ3) is 2.29. The quantitative estimate of drug-likeness (QED) is 0.781.